The van der Waals surface area contributed by atoms with Crippen LogP contribution >= 0.6 is 0 Å². The predicted molar refractivity (Wildman–Crippen MR) is 160 cm³/mol. The molecule has 1 spiro atoms. The molecule has 0 bridgehead atoms. The van der Waals surface area contributed by atoms with E-state index in [2.05, 4.69) is 0 Å². The van der Waals surface area contributed by atoms with Crippen molar-refractivity contribution >= 4 is 34.8 Å². The molecule has 3 aromatic rings. The highest BCUT2D eigenvalue weighted by atomic mass is 16.5. The van der Waals surface area contributed by atoms with Crippen molar-refractivity contribution < 1.29 is 29.0 Å². The SMILES string of the molecule is C[C@@H]1C[C@H](CC(=O)N2CCC[C@H]2CO)O[C@@]12C(=O)N(Cc1ccc(N3C(=O)COc4ccccc43)cc1)c1ccccc12. The lowest BCUT2D eigenvalue weighted by molar-refractivity contribution is -0.150. The van der Waals surface area contributed by atoms with E-state index < -0.39 is 5.60 Å². The number of hydrogen-bond donors (Lipinski definition) is 1. The third-order valence-corrected chi connectivity index (χ3v) is 9.37. The number of hydrogen-bond acceptors (Lipinski definition) is 6. The van der Waals surface area contributed by atoms with Gasteiger partial charge in [-0.3, -0.25) is 19.3 Å². The number of fused-ring (bicyclic) bond motifs is 3. The lowest BCUT2D eigenvalue weighted by atomic mass is 9.83. The molecule has 9 nitrogen and oxygen atoms in total. The molecule has 1 N–H and O–H groups in total. The molecule has 0 saturated carbocycles. The lowest BCUT2D eigenvalue weighted by Crippen LogP contribution is -2.44. The van der Waals surface area contributed by atoms with Crippen molar-refractivity contribution in [3.8, 4) is 5.75 Å². The zero-order valence-corrected chi connectivity index (χ0v) is 24.1. The molecule has 222 valence electrons. The number of carbonyl (C=O) groups is 3. The Morgan fingerprint density at radius 3 is 2.53 bits per heavy atom. The average molecular weight is 582 g/mol. The van der Waals surface area contributed by atoms with Crippen LogP contribution in [0.25, 0.3) is 0 Å². The van der Waals surface area contributed by atoms with E-state index in [-0.39, 0.29) is 55.4 Å². The van der Waals surface area contributed by atoms with Gasteiger partial charge in [0.2, 0.25) is 5.91 Å². The fourth-order valence-corrected chi connectivity index (χ4v) is 7.29. The van der Waals surface area contributed by atoms with Gasteiger partial charge in [0, 0.05) is 23.7 Å². The normalized spacial score (nSPS) is 26.2. The molecule has 4 heterocycles. The van der Waals surface area contributed by atoms with Gasteiger partial charge in [0.05, 0.1) is 43.1 Å². The molecule has 3 amide bonds. The summed E-state index contributed by atoms with van der Waals surface area (Å²) in [6.45, 7) is 2.97. The number of amides is 3. The summed E-state index contributed by atoms with van der Waals surface area (Å²) >= 11 is 0. The molecule has 3 aromatic carbocycles. The van der Waals surface area contributed by atoms with Gasteiger partial charge in [-0.25, -0.2) is 0 Å². The quantitative estimate of drug-likeness (QED) is 0.467. The molecule has 0 unspecified atom stereocenters. The van der Waals surface area contributed by atoms with Gasteiger partial charge in [-0.05, 0) is 55.2 Å². The fourth-order valence-electron chi connectivity index (χ4n) is 7.29. The zero-order valence-electron chi connectivity index (χ0n) is 24.1. The van der Waals surface area contributed by atoms with Crippen LogP contribution in [0, 0.1) is 5.92 Å². The maximum absolute atomic E-state index is 14.3. The topological polar surface area (TPSA) is 99.6 Å². The molecule has 0 radical (unpaired) electrons. The first-order chi connectivity index (χ1) is 20.9. The Bertz CT molecular complexity index is 1570. The first-order valence-electron chi connectivity index (χ1n) is 15.0. The van der Waals surface area contributed by atoms with E-state index in [1.807, 2.05) is 79.7 Å². The molecular weight excluding hydrogens is 546 g/mol. The van der Waals surface area contributed by atoms with Crippen molar-refractivity contribution in [3.05, 3.63) is 83.9 Å². The van der Waals surface area contributed by atoms with Crippen LogP contribution in [0.3, 0.4) is 0 Å². The van der Waals surface area contributed by atoms with Crippen molar-refractivity contribution in [1.29, 1.82) is 0 Å². The van der Waals surface area contributed by atoms with Gasteiger partial charge in [-0.2, -0.15) is 0 Å². The number of ether oxygens (including phenoxy) is 2. The second-order valence-corrected chi connectivity index (χ2v) is 11.9. The Labute approximate surface area is 250 Å². The van der Waals surface area contributed by atoms with E-state index in [9.17, 15) is 19.5 Å². The Hall–Kier alpha value is -4.21. The van der Waals surface area contributed by atoms with Crippen LogP contribution in [-0.4, -0.2) is 59.6 Å². The van der Waals surface area contributed by atoms with E-state index in [4.69, 9.17) is 9.47 Å². The highest BCUT2D eigenvalue weighted by molar-refractivity contribution is 6.07. The van der Waals surface area contributed by atoms with Crippen LogP contribution in [0.2, 0.25) is 0 Å². The van der Waals surface area contributed by atoms with Gasteiger partial charge in [0.25, 0.3) is 11.8 Å². The van der Waals surface area contributed by atoms with Crippen molar-refractivity contribution in [1.82, 2.24) is 4.90 Å². The number of rotatable bonds is 6. The molecule has 43 heavy (non-hydrogen) atoms. The number of para-hydroxylation sites is 3. The summed E-state index contributed by atoms with van der Waals surface area (Å²) in [6.07, 6.45) is 2.11. The van der Waals surface area contributed by atoms with E-state index in [0.29, 0.717) is 30.9 Å². The van der Waals surface area contributed by atoms with Gasteiger partial charge in [0.1, 0.15) is 5.75 Å². The predicted octanol–water partition coefficient (Wildman–Crippen LogP) is 4.28. The van der Waals surface area contributed by atoms with Crippen LogP contribution in [0.5, 0.6) is 5.75 Å². The van der Waals surface area contributed by atoms with E-state index >= 15 is 0 Å². The number of nitrogens with zero attached hydrogens (tertiary/aromatic N) is 3. The third-order valence-electron chi connectivity index (χ3n) is 9.37. The zero-order chi connectivity index (χ0) is 29.7. The van der Waals surface area contributed by atoms with Crippen LogP contribution < -0.4 is 14.5 Å². The summed E-state index contributed by atoms with van der Waals surface area (Å²) in [4.78, 5) is 45.4. The summed E-state index contributed by atoms with van der Waals surface area (Å²) in [5.41, 5.74) is 2.85. The van der Waals surface area contributed by atoms with Gasteiger partial charge in [-0.15, -0.1) is 0 Å². The second-order valence-electron chi connectivity index (χ2n) is 11.9. The van der Waals surface area contributed by atoms with E-state index in [1.54, 1.807) is 14.7 Å². The Balaban J connectivity index is 1.12. The van der Waals surface area contributed by atoms with E-state index in [0.717, 1.165) is 35.3 Å². The number of anilines is 3. The molecule has 7 rings (SSSR count). The molecular formula is C34H35N3O6. The van der Waals surface area contributed by atoms with Crippen molar-refractivity contribution in [2.75, 3.05) is 29.6 Å². The fraction of sp³-hybridized carbons (Fsp3) is 0.382. The molecule has 2 saturated heterocycles. The summed E-state index contributed by atoms with van der Waals surface area (Å²) < 4.78 is 12.2. The Kier molecular flexibility index (Phi) is 6.94. The van der Waals surface area contributed by atoms with Crippen molar-refractivity contribution in [2.45, 2.75) is 56.9 Å². The first-order valence-corrected chi connectivity index (χ1v) is 15.0. The van der Waals surface area contributed by atoms with Gasteiger partial charge in [0.15, 0.2) is 12.2 Å². The molecule has 0 aliphatic carbocycles. The largest absolute Gasteiger partial charge is 0.482 e. The molecule has 2 fully saturated rings. The summed E-state index contributed by atoms with van der Waals surface area (Å²) in [5.74, 6) is 0.254. The smallest absolute Gasteiger partial charge is 0.269 e. The first kappa shape index (κ1) is 27.6. The molecule has 4 aliphatic rings. The molecule has 0 aromatic heterocycles. The van der Waals surface area contributed by atoms with Crippen LogP contribution in [0.1, 0.15) is 43.7 Å². The maximum Gasteiger partial charge on any atom is 0.269 e. The van der Waals surface area contributed by atoms with Gasteiger partial charge >= 0.3 is 0 Å². The highest BCUT2D eigenvalue weighted by Gasteiger charge is 2.60. The number of aliphatic hydroxyl groups is 1. The summed E-state index contributed by atoms with van der Waals surface area (Å²) in [5, 5.41) is 9.68. The third kappa shape index (κ3) is 4.49. The van der Waals surface area contributed by atoms with Crippen LogP contribution in [0.15, 0.2) is 72.8 Å². The van der Waals surface area contributed by atoms with Crippen LogP contribution in [-0.2, 0) is 31.3 Å². The Morgan fingerprint density at radius 1 is 1.00 bits per heavy atom. The van der Waals surface area contributed by atoms with Crippen molar-refractivity contribution in [2.24, 2.45) is 5.92 Å². The summed E-state index contributed by atoms with van der Waals surface area (Å²) in [6, 6.07) is 22.8. The highest BCUT2D eigenvalue weighted by Crippen LogP contribution is 2.54. The standard InChI is InChI=1S/C34H35N3O6/c1-22-17-26(18-31(39)35-16-6-7-25(35)20-38)43-34(22)27-8-2-3-9-28(27)36(33(34)41)19-23-12-14-24(15-13-23)37-29-10-4-5-11-30(29)42-21-32(37)40/h2-5,8-15,22,25-26,38H,6-7,16-21H2,1H3/t22-,25+,26-,34+/m1/s1. The number of likely N-dealkylation sites (tertiary alicyclic amines) is 1. The minimum absolute atomic E-state index is 0.0231. The van der Waals surface area contributed by atoms with Crippen molar-refractivity contribution in [3.63, 3.8) is 0 Å². The number of benzene rings is 3. The number of carbonyl (C=O) groups excluding carboxylic acids is 3. The lowest BCUT2D eigenvalue weighted by Gasteiger charge is -2.30. The minimum Gasteiger partial charge on any atom is -0.482 e. The number of aliphatic hydroxyl groups excluding tert-OH is 1. The van der Waals surface area contributed by atoms with Gasteiger partial charge in [-0.1, -0.05) is 49.4 Å². The maximum atomic E-state index is 14.3. The Morgan fingerprint density at radius 2 is 1.74 bits per heavy atom. The second kappa shape index (κ2) is 10.8. The summed E-state index contributed by atoms with van der Waals surface area (Å²) in [7, 11) is 0. The van der Waals surface area contributed by atoms with Crippen LogP contribution in [0.4, 0.5) is 17.1 Å². The monoisotopic (exact) mass is 581 g/mol. The van der Waals surface area contributed by atoms with Gasteiger partial charge < -0.3 is 24.4 Å². The van der Waals surface area contributed by atoms with E-state index in [1.165, 1.54) is 0 Å². The molecule has 4 aliphatic heterocycles. The average Bonchev–Trinajstić information content (AvgIpc) is 3.70. The molecule has 9 heteroatoms. The molecule has 4 atom stereocenters. The minimum atomic E-state index is -1.15.